The first-order chi connectivity index (χ1) is 8.56. The summed E-state index contributed by atoms with van der Waals surface area (Å²) in [5, 5.41) is 2.69. The van der Waals surface area contributed by atoms with Gasteiger partial charge in [0.15, 0.2) is 0 Å². The maximum atomic E-state index is 12.9. The van der Waals surface area contributed by atoms with E-state index in [-0.39, 0.29) is 5.69 Å². The van der Waals surface area contributed by atoms with Crippen molar-refractivity contribution in [2.45, 2.75) is 13.8 Å². The van der Waals surface area contributed by atoms with Crippen LogP contribution in [0.15, 0.2) is 36.4 Å². The molecule has 0 saturated carbocycles. The molecule has 1 N–H and O–H groups in total. The van der Waals surface area contributed by atoms with Crippen LogP contribution in [0.5, 0.6) is 0 Å². The molecular formula is C14H13FN2O. The Kier molecular flexibility index (Phi) is 3.37. The zero-order valence-electron chi connectivity index (χ0n) is 10.2. The average molecular weight is 244 g/mol. The minimum atomic E-state index is -0.664. The number of nitrogens with one attached hydrogen (secondary N) is 1. The third-order valence-electron chi connectivity index (χ3n) is 2.71. The minimum Gasteiger partial charge on any atom is -0.321 e. The van der Waals surface area contributed by atoms with Crippen LogP contribution in [0.4, 0.5) is 10.1 Å². The summed E-state index contributed by atoms with van der Waals surface area (Å²) < 4.78 is 12.9. The number of rotatable bonds is 2. The van der Waals surface area contributed by atoms with Gasteiger partial charge in [0, 0.05) is 5.69 Å². The van der Waals surface area contributed by atoms with Gasteiger partial charge in [0.05, 0.1) is 0 Å². The Labute approximate surface area is 105 Å². The number of aryl methyl sites for hydroxylation is 2. The first-order valence-corrected chi connectivity index (χ1v) is 5.57. The third-order valence-corrected chi connectivity index (χ3v) is 2.71. The Morgan fingerprint density at radius 1 is 1.17 bits per heavy atom. The SMILES string of the molecule is Cc1ccc(NC(=O)c2cccc(F)n2)cc1C. The molecule has 0 aliphatic carbocycles. The minimum absolute atomic E-state index is 0.0632. The predicted octanol–water partition coefficient (Wildman–Crippen LogP) is 3.09. The molecule has 4 heteroatoms. The number of anilines is 1. The van der Waals surface area contributed by atoms with Crippen LogP contribution < -0.4 is 5.32 Å². The lowest BCUT2D eigenvalue weighted by atomic mass is 10.1. The van der Waals surface area contributed by atoms with Crippen molar-refractivity contribution in [2.75, 3.05) is 5.32 Å². The van der Waals surface area contributed by atoms with Crippen LogP contribution in [-0.4, -0.2) is 10.9 Å². The first-order valence-electron chi connectivity index (χ1n) is 5.57. The molecule has 0 bridgehead atoms. The smallest absolute Gasteiger partial charge is 0.274 e. The van der Waals surface area contributed by atoms with Gasteiger partial charge in [0.1, 0.15) is 5.69 Å². The number of carbonyl (C=O) groups excluding carboxylic acids is 1. The molecule has 0 atom stereocenters. The maximum Gasteiger partial charge on any atom is 0.274 e. The molecule has 0 aliphatic rings. The molecule has 0 saturated heterocycles. The molecule has 2 rings (SSSR count). The lowest BCUT2D eigenvalue weighted by Crippen LogP contribution is -2.14. The highest BCUT2D eigenvalue weighted by Crippen LogP contribution is 2.14. The molecule has 1 amide bonds. The molecule has 0 spiro atoms. The van der Waals surface area contributed by atoms with Gasteiger partial charge >= 0.3 is 0 Å². The van der Waals surface area contributed by atoms with Crippen molar-refractivity contribution in [2.24, 2.45) is 0 Å². The molecule has 0 aliphatic heterocycles. The van der Waals surface area contributed by atoms with Gasteiger partial charge in [-0.25, -0.2) is 4.98 Å². The molecule has 3 nitrogen and oxygen atoms in total. The van der Waals surface area contributed by atoms with E-state index in [0.29, 0.717) is 5.69 Å². The highest BCUT2D eigenvalue weighted by atomic mass is 19.1. The average Bonchev–Trinajstić information content (AvgIpc) is 2.34. The van der Waals surface area contributed by atoms with Crippen molar-refractivity contribution < 1.29 is 9.18 Å². The van der Waals surface area contributed by atoms with E-state index in [0.717, 1.165) is 11.1 Å². The first kappa shape index (κ1) is 12.2. The highest BCUT2D eigenvalue weighted by molar-refractivity contribution is 6.02. The quantitative estimate of drug-likeness (QED) is 0.825. The zero-order chi connectivity index (χ0) is 13.1. The maximum absolute atomic E-state index is 12.9. The van der Waals surface area contributed by atoms with Crippen molar-refractivity contribution in [3.63, 3.8) is 0 Å². The van der Waals surface area contributed by atoms with Gasteiger partial charge in [-0.15, -0.1) is 0 Å². The number of benzene rings is 1. The fourth-order valence-corrected chi connectivity index (χ4v) is 1.55. The van der Waals surface area contributed by atoms with Crippen molar-refractivity contribution in [1.29, 1.82) is 0 Å². The molecule has 2 aromatic rings. The van der Waals surface area contributed by atoms with Crippen molar-refractivity contribution >= 4 is 11.6 Å². The van der Waals surface area contributed by atoms with Crippen LogP contribution in [0, 0.1) is 19.8 Å². The summed E-state index contributed by atoms with van der Waals surface area (Å²) in [6.45, 7) is 3.96. The number of nitrogens with zero attached hydrogens (tertiary/aromatic N) is 1. The number of hydrogen-bond donors (Lipinski definition) is 1. The van der Waals surface area contributed by atoms with Gasteiger partial charge in [-0.2, -0.15) is 4.39 Å². The molecule has 18 heavy (non-hydrogen) atoms. The number of amides is 1. The molecular weight excluding hydrogens is 231 g/mol. The normalized spacial score (nSPS) is 10.2. The van der Waals surface area contributed by atoms with Gasteiger partial charge in [-0.1, -0.05) is 12.1 Å². The van der Waals surface area contributed by atoms with E-state index in [1.165, 1.54) is 18.2 Å². The summed E-state index contributed by atoms with van der Waals surface area (Å²) in [6, 6.07) is 9.72. The van der Waals surface area contributed by atoms with Crippen LogP contribution in [0.1, 0.15) is 21.6 Å². The van der Waals surface area contributed by atoms with Gasteiger partial charge in [-0.05, 0) is 49.2 Å². The van der Waals surface area contributed by atoms with Crippen LogP contribution in [0.25, 0.3) is 0 Å². The number of carbonyl (C=O) groups is 1. The summed E-state index contributed by atoms with van der Waals surface area (Å²) >= 11 is 0. The highest BCUT2D eigenvalue weighted by Gasteiger charge is 2.08. The van der Waals surface area contributed by atoms with Crippen molar-refractivity contribution in [3.05, 3.63) is 59.2 Å². The van der Waals surface area contributed by atoms with E-state index in [4.69, 9.17) is 0 Å². The fraction of sp³-hybridized carbons (Fsp3) is 0.143. The van der Waals surface area contributed by atoms with Gasteiger partial charge in [0.25, 0.3) is 5.91 Å². The molecule has 0 unspecified atom stereocenters. The summed E-state index contributed by atoms with van der Waals surface area (Å²) in [7, 11) is 0. The summed E-state index contributed by atoms with van der Waals surface area (Å²) in [5.74, 6) is -1.08. The topological polar surface area (TPSA) is 42.0 Å². The lowest BCUT2D eigenvalue weighted by Gasteiger charge is -2.07. The van der Waals surface area contributed by atoms with E-state index >= 15 is 0 Å². The Morgan fingerprint density at radius 2 is 1.94 bits per heavy atom. The molecule has 1 aromatic carbocycles. The van der Waals surface area contributed by atoms with Crippen molar-refractivity contribution in [1.82, 2.24) is 4.98 Å². The Bertz CT molecular complexity index is 596. The molecule has 0 fully saturated rings. The standard InChI is InChI=1S/C14H13FN2O/c1-9-6-7-11(8-10(9)2)16-14(18)12-4-3-5-13(15)17-12/h3-8H,1-2H3,(H,16,18). The van der Waals surface area contributed by atoms with Gasteiger partial charge < -0.3 is 5.32 Å². The number of pyridine rings is 1. The second-order valence-corrected chi connectivity index (χ2v) is 4.10. The van der Waals surface area contributed by atoms with Gasteiger partial charge in [-0.3, -0.25) is 4.79 Å². The second kappa shape index (κ2) is 4.96. The second-order valence-electron chi connectivity index (χ2n) is 4.10. The monoisotopic (exact) mass is 244 g/mol. The molecule has 92 valence electrons. The fourth-order valence-electron chi connectivity index (χ4n) is 1.55. The Balaban J connectivity index is 2.18. The Hall–Kier alpha value is -2.23. The van der Waals surface area contributed by atoms with Crippen LogP contribution in [0.3, 0.4) is 0 Å². The zero-order valence-corrected chi connectivity index (χ0v) is 10.2. The predicted molar refractivity (Wildman–Crippen MR) is 68.1 cm³/mol. The van der Waals surface area contributed by atoms with Crippen LogP contribution in [0.2, 0.25) is 0 Å². The summed E-state index contributed by atoms with van der Waals surface area (Å²) in [5.41, 5.74) is 2.97. The Morgan fingerprint density at radius 3 is 2.61 bits per heavy atom. The van der Waals surface area contributed by atoms with E-state index in [1.807, 2.05) is 26.0 Å². The van der Waals surface area contributed by atoms with Crippen LogP contribution >= 0.6 is 0 Å². The molecule has 1 heterocycles. The third kappa shape index (κ3) is 2.71. The largest absolute Gasteiger partial charge is 0.321 e. The van der Waals surface area contributed by atoms with E-state index in [9.17, 15) is 9.18 Å². The summed E-state index contributed by atoms with van der Waals surface area (Å²) in [6.07, 6.45) is 0. The van der Waals surface area contributed by atoms with Crippen molar-refractivity contribution in [3.8, 4) is 0 Å². The van der Waals surface area contributed by atoms with E-state index in [2.05, 4.69) is 10.3 Å². The van der Waals surface area contributed by atoms with Gasteiger partial charge in [0.2, 0.25) is 5.95 Å². The number of halogens is 1. The van der Waals surface area contributed by atoms with E-state index < -0.39 is 11.9 Å². The molecule has 1 aromatic heterocycles. The van der Waals surface area contributed by atoms with E-state index in [1.54, 1.807) is 6.07 Å². The molecule has 0 radical (unpaired) electrons. The lowest BCUT2D eigenvalue weighted by molar-refractivity contribution is 0.102. The van der Waals surface area contributed by atoms with Crippen LogP contribution in [-0.2, 0) is 0 Å². The number of aromatic nitrogens is 1. The number of hydrogen-bond acceptors (Lipinski definition) is 2. The summed E-state index contributed by atoms with van der Waals surface area (Å²) in [4.78, 5) is 15.4.